The van der Waals surface area contributed by atoms with Crippen molar-refractivity contribution in [3.05, 3.63) is 234 Å². The Bertz CT molecular complexity index is 3220. The van der Waals surface area contributed by atoms with Gasteiger partial charge in [-0.25, -0.2) is 0 Å². The number of nitrogens with zero attached hydrogens (tertiary/aromatic N) is 2. The molecule has 0 saturated heterocycles. The summed E-state index contributed by atoms with van der Waals surface area (Å²) in [5.41, 5.74) is 16.9. The smallest absolute Gasteiger partial charge is 0.122 e. The standard InChI is InChI=1S/C56H40N2/c1-55(2)46-27-12-8-23-41(46)44-35-34-39(36-49(44)55)57(50-31-16-19-37-18-6-7-22-40(37)50)52-32-17-33-53-54(52)45-26-11-15-30-51(45)58(53)56(38-20-4-3-5-21-38)47-28-13-9-24-42(47)43-25-10-14-29-48(43)56/h3-36H,1-2H3. The molecule has 0 N–H and O–H groups in total. The van der Waals surface area contributed by atoms with Crippen molar-refractivity contribution in [2.45, 2.75) is 24.8 Å². The first-order chi connectivity index (χ1) is 28.6. The minimum atomic E-state index is -0.623. The van der Waals surface area contributed by atoms with Crippen molar-refractivity contribution in [3.8, 4) is 22.3 Å². The first kappa shape index (κ1) is 33.0. The summed E-state index contributed by atoms with van der Waals surface area (Å²) in [6, 6.07) is 76.8. The molecule has 2 nitrogen and oxygen atoms in total. The maximum Gasteiger partial charge on any atom is 0.122 e. The average molecular weight is 741 g/mol. The molecule has 1 heterocycles. The molecule has 2 heteroatoms. The molecular formula is C56H40N2. The lowest BCUT2D eigenvalue weighted by Gasteiger charge is -2.36. The fourth-order valence-corrected chi connectivity index (χ4v) is 10.8. The summed E-state index contributed by atoms with van der Waals surface area (Å²) in [4.78, 5) is 2.53. The van der Waals surface area contributed by atoms with Crippen molar-refractivity contribution < 1.29 is 0 Å². The van der Waals surface area contributed by atoms with Crippen molar-refractivity contribution in [1.82, 2.24) is 4.57 Å². The maximum absolute atomic E-state index is 2.66. The highest BCUT2D eigenvalue weighted by molar-refractivity contribution is 6.17. The Labute approximate surface area is 338 Å². The van der Waals surface area contributed by atoms with Crippen LogP contribution in [-0.4, -0.2) is 4.57 Å². The quantitative estimate of drug-likeness (QED) is 0.171. The first-order valence-electron chi connectivity index (χ1n) is 20.4. The Morgan fingerprint density at radius 1 is 0.397 bits per heavy atom. The van der Waals surface area contributed by atoms with Crippen molar-refractivity contribution in [1.29, 1.82) is 0 Å². The molecule has 0 atom stereocenters. The van der Waals surface area contributed by atoms with Crippen molar-refractivity contribution in [2.75, 3.05) is 4.90 Å². The molecule has 0 unspecified atom stereocenters. The normalized spacial score (nSPS) is 14.3. The average Bonchev–Trinajstić information content (AvgIpc) is 3.86. The lowest BCUT2D eigenvalue weighted by Crippen LogP contribution is -2.35. The van der Waals surface area contributed by atoms with E-state index in [2.05, 4.69) is 230 Å². The molecule has 58 heavy (non-hydrogen) atoms. The Kier molecular flexibility index (Phi) is 6.93. The number of benzene rings is 9. The third-order valence-electron chi connectivity index (χ3n) is 13.2. The Balaban J connectivity index is 1.21. The molecule has 274 valence electrons. The molecule has 0 saturated carbocycles. The van der Waals surface area contributed by atoms with Crippen LogP contribution >= 0.6 is 0 Å². The minimum absolute atomic E-state index is 0.139. The van der Waals surface area contributed by atoms with E-state index < -0.39 is 5.54 Å². The third-order valence-corrected chi connectivity index (χ3v) is 13.2. The summed E-state index contributed by atoms with van der Waals surface area (Å²) >= 11 is 0. The zero-order valence-corrected chi connectivity index (χ0v) is 32.5. The van der Waals surface area contributed by atoms with Gasteiger partial charge in [-0.1, -0.05) is 184 Å². The van der Waals surface area contributed by atoms with Gasteiger partial charge in [-0.3, -0.25) is 0 Å². The van der Waals surface area contributed by atoms with E-state index >= 15 is 0 Å². The van der Waals surface area contributed by atoms with E-state index in [0.29, 0.717) is 0 Å². The SMILES string of the molecule is CC1(C)c2ccccc2-c2ccc(N(c3cccc4ccccc34)c3cccc4c3c3ccccc3n4C3(c4ccccc4)c4ccccc4-c4ccccc43)cc21. The molecule has 0 spiro atoms. The number of fused-ring (bicyclic) bond motifs is 10. The van der Waals surface area contributed by atoms with Crippen molar-refractivity contribution in [2.24, 2.45) is 0 Å². The van der Waals surface area contributed by atoms with Gasteiger partial charge < -0.3 is 9.47 Å². The van der Waals surface area contributed by atoms with Crippen LogP contribution in [0.3, 0.4) is 0 Å². The number of hydrogen-bond acceptors (Lipinski definition) is 1. The van der Waals surface area contributed by atoms with E-state index in [1.165, 1.54) is 82.6 Å². The zero-order chi connectivity index (χ0) is 38.6. The van der Waals surface area contributed by atoms with E-state index in [-0.39, 0.29) is 5.41 Å². The highest BCUT2D eigenvalue weighted by Crippen LogP contribution is 2.57. The second-order valence-electron chi connectivity index (χ2n) is 16.4. The van der Waals surface area contributed by atoms with E-state index in [4.69, 9.17) is 0 Å². The molecule has 0 fully saturated rings. The van der Waals surface area contributed by atoms with Crippen LogP contribution in [0.1, 0.15) is 41.7 Å². The van der Waals surface area contributed by atoms with Crippen LogP contribution in [0.5, 0.6) is 0 Å². The van der Waals surface area contributed by atoms with Gasteiger partial charge in [-0.2, -0.15) is 0 Å². The van der Waals surface area contributed by atoms with Crippen LogP contribution < -0.4 is 4.90 Å². The number of rotatable bonds is 5. The van der Waals surface area contributed by atoms with Gasteiger partial charge in [-0.05, 0) is 91.9 Å². The van der Waals surface area contributed by atoms with Crippen LogP contribution in [0.4, 0.5) is 17.1 Å². The fraction of sp³-hybridized carbons (Fsp3) is 0.0714. The van der Waals surface area contributed by atoms with E-state index in [1.54, 1.807) is 0 Å². The van der Waals surface area contributed by atoms with Crippen molar-refractivity contribution in [3.63, 3.8) is 0 Å². The van der Waals surface area contributed by atoms with E-state index in [0.717, 1.165) is 17.1 Å². The van der Waals surface area contributed by atoms with Gasteiger partial charge in [0.05, 0.1) is 22.4 Å². The summed E-state index contributed by atoms with van der Waals surface area (Å²) in [5.74, 6) is 0. The predicted molar refractivity (Wildman–Crippen MR) is 243 cm³/mol. The summed E-state index contributed by atoms with van der Waals surface area (Å²) in [6.45, 7) is 4.75. The van der Waals surface area contributed by atoms with Crippen LogP contribution in [0.2, 0.25) is 0 Å². The summed E-state index contributed by atoms with van der Waals surface area (Å²) in [5, 5.41) is 4.89. The largest absolute Gasteiger partial charge is 0.322 e. The highest BCUT2D eigenvalue weighted by atomic mass is 15.2. The molecule has 12 rings (SSSR count). The molecule has 0 radical (unpaired) electrons. The maximum atomic E-state index is 2.66. The van der Waals surface area contributed by atoms with E-state index in [1.807, 2.05) is 0 Å². The van der Waals surface area contributed by atoms with Gasteiger partial charge in [0.15, 0.2) is 0 Å². The van der Waals surface area contributed by atoms with Crippen LogP contribution in [-0.2, 0) is 11.0 Å². The fourth-order valence-electron chi connectivity index (χ4n) is 10.8. The first-order valence-corrected chi connectivity index (χ1v) is 20.4. The van der Waals surface area contributed by atoms with Gasteiger partial charge in [0.2, 0.25) is 0 Å². The molecule has 0 aliphatic heterocycles. The molecule has 2 aliphatic carbocycles. The zero-order valence-electron chi connectivity index (χ0n) is 32.5. The molecule has 1 aromatic heterocycles. The third kappa shape index (κ3) is 4.32. The summed E-state index contributed by atoms with van der Waals surface area (Å²) in [6.07, 6.45) is 0. The molecule has 2 aliphatic rings. The molecule has 9 aromatic carbocycles. The van der Waals surface area contributed by atoms with Crippen LogP contribution in [0.15, 0.2) is 206 Å². The molecule has 0 bridgehead atoms. The van der Waals surface area contributed by atoms with Gasteiger partial charge >= 0.3 is 0 Å². The number of anilines is 3. The Hall–Kier alpha value is -7.16. The number of para-hydroxylation sites is 1. The van der Waals surface area contributed by atoms with E-state index in [9.17, 15) is 0 Å². The Morgan fingerprint density at radius 3 is 1.69 bits per heavy atom. The van der Waals surface area contributed by atoms with Gasteiger partial charge in [0.25, 0.3) is 0 Å². The van der Waals surface area contributed by atoms with Gasteiger partial charge in [-0.15, -0.1) is 0 Å². The molecule has 10 aromatic rings. The van der Waals surface area contributed by atoms with Gasteiger partial charge in [0.1, 0.15) is 5.54 Å². The molecule has 0 amide bonds. The van der Waals surface area contributed by atoms with Crippen LogP contribution in [0, 0.1) is 0 Å². The topological polar surface area (TPSA) is 8.17 Å². The number of hydrogen-bond donors (Lipinski definition) is 0. The lowest BCUT2D eigenvalue weighted by molar-refractivity contribution is 0.564. The summed E-state index contributed by atoms with van der Waals surface area (Å²) < 4.78 is 2.66. The second kappa shape index (κ2) is 12.2. The molecular weight excluding hydrogens is 701 g/mol. The van der Waals surface area contributed by atoms with Gasteiger partial charge in [0, 0.05) is 27.3 Å². The summed E-state index contributed by atoms with van der Waals surface area (Å²) in [7, 11) is 0. The highest BCUT2D eigenvalue weighted by Gasteiger charge is 2.47. The van der Waals surface area contributed by atoms with Crippen molar-refractivity contribution >= 4 is 49.6 Å². The lowest BCUT2D eigenvalue weighted by atomic mass is 9.80. The number of aromatic nitrogens is 1. The van der Waals surface area contributed by atoms with Crippen LogP contribution in [0.25, 0.3) is 54.8 Å². The second-order valence-corrected chi connectivity index (χ2v) is 16.4. The predicted octanol–water partition coefficient (Wildman–Crippen LogP) is 14.5. The monoisotopic (exact) mass is 740 g/mol. The minimum Gasteiger partial charge on any atom is -0.322 e. The Morgan fingerprint density at radius 2 is 0.931 bits per heavy atom.